The number of rotatable bonds is 7. The van der Waals surface area contributed by atoms with Crippen molar-refractivity contribution >= 4 is 17.7 Å². The van der Waals surface area contributed by atoms with Crippen LogP contribution in [0.25, 0.3) is 0 Å². The summed E-state index contributed by atoms with van der Waals surface area (Å²) in [6.07, 6.45) is 1.17. The van der Waals surface area contributed by atoms with Gasteiger partial charge in [-0.05, 0) is 37.1 Å². The zero-order valence-electron chi connectivity index (χ0n) is 11.7. The summed E-state index contributed by atoms with van der Waals surface area (Å²) < 4.78 is 5.02. The van der Waals surface area contributed by atoms with Crippen LogP contribution in [0.1, 0.15) is 19.8 Å². The molecule has 0 heterocycles. The van der Waals surface area contributed by atoms with Crippen LogP contribution in [0, 0.1) is 5.92 Å². The molecular weight excluding hydrogens is 260 g/mol. The summed E-state index contributed by atoms with van der Waals surface area (Å²) in [4.78, 5) is 22.2. The number of amides is 2. The Labute approximate surface area is 118 Å². The maximum absolute atomic E-state index is 11.6. The molecule has 0 bridgehead atoms. The largest absolute Gasteiger partial charge is 0.497 e. The second-order valence-corrected chi connectivity index (χ2v) is 4.49. The van der Waals surface area contributed by atoms with Crippen molar-refractivity contribution in [2.45, 2.75) is 19.8 Å². The zero-order chi connectivity index (χ0) is 15.0. The lowest BCUT2D eigenvalue weighted by Crippen LogP contribution is -2.29. The highest BCUT2D eigenvalue weighted by atomic mass is 16.5. The van der Waals surface area contributed by atoms with Crippen molar-refractivity contribution in [2.24, 2.45) is 5.92 Å². The van der Waals surface area contributed by atoms with E-state index in [0.29, 0.717) is 25.1 Å². The molecule has 1 unspecified atom stereocenters. The highest BCUT2D eigenvalue weighted by Crippen LogP contribution is 2.14. The second-order valence-electron chi connectivity index (χ2n) is 4.49. The van der Waals surface area contributed by atoms with Crippen LogP contribution in [-0.4, -0.2) is 30.8 Å². The molecule has 1 rings (SSSR count). The molecule has 0 spiro atoms. The normalized spacial score (nSPS) is 11.5. The molecule has 0 aromatic heterocycles. The van der Waals surface area contributed by atoms with Gasteiger partial charge in [-0.1, -0.05) is 6.92 Å². The van der Waals surface area contributed by atoms with Crippen LogP contribution in [0.2, 0.25) is 0 Å². The second kappa shape index (κ2) is 8.04. The van der Waals surface area contributed by atoms with Crippen LogP contribution >= 0.6 is 0 Å². The van der Waals surface area contributed by atoms with Gasteiger partial charge in [-0.15, -0.1) is 0 Å². The number of benzene rings is 1. The first kappa shape index (κ1) is 15.8. The lowest BCUT2D eigenvalue weighted by Gasteiger charge is -2.09. The quantitative estimate of drug-likeness (QED) is 0.669. The van der Waals surface area contributed by atoms with E-state index >= 15 is 0 Å². The van der Waals surface area contributed by atoms with Crippen LogP contribution in [0.5, 0.6) is 5.75 Å². The van der Waals surface area contributed by atoms with Gasteiger partial charge in [-0.25, -0.2) is 4.79 Å². The third-order valence-electron chi connectivity index (χ3n) is 2.87. The number of urea groups is 1. The molecule has 3 N–H and O–H groups in total. The molecule has 1 atom stereocenters. The molecule has 110 valence electrons. The van der Waals surface area contributed by atoms with Crippen molar-refractivity contribution in [2.75, 3.05) is 19.0 Å². The van der Waals surface area contributed by atoms with E-state index in [9.17, 15) is 9.59 Å². The average Bonchev–Trinajstić information content (AvgIpc) is 2.44. The predicted octanol–water partition coefficient (Wildman–Crippen LogP) is 2.32. The van der Waals surface area contributed by atoms with Gasteiger partial charge in [0.25, 0.3) is 0 Å². The molecule has 0 aliphatic heterocycles. The van der Waals surface area contributed by atoms with E-state index in [1.807, 2.05) is 0 Å². The molecule has 6 heteroatoms. The number of hydrogen-bond donors (Lipinski definition) is 3. The van der Waals surface area contributed by atoms with Gasteiger partial charge in [0, 0.05) is 12.2 Å². The summed E-state index contributed by atoms with van der Waals surface area (Å²) in [5.74, 6) is -0.479. The molecular formula is C14H20N2O4. The van der Waals surface area contributed by atoms with Crippen molar-refractivity contribution < 1.29 is 19.4 Å². The molecule has 0 saturated carbocycles. The van der Waals surface area contributed by atoms with Gasteiger partial charge in [0.1, 0.15) is 5.75 Å². The highest BCUT2D eigenvalue weighted by Gasteiger charge is 2.10. The monoisotopic (exact) mass is 280 g/mol. The van der Waals surface area contributed by atoms with Gasteiger partial charge in [-0.3, -0.25) is 4.79 Å². The van der Waals surface area contributed by atoms with Crippen molar-refractivity contribution in [3.63, 3.8) is 0 Å². The van der Waals surface area contributed by atoms with E-state index in [1.54, 1.807) is 38.3 Å². The molecule has 1 aromatic carbocycles. The molecule has 1 aromatic rings. The summed E-state index contributed by atoms with van der Waals surface area (Å²) in [6.45, 7) is 2.10. The topological polar surface area (TPSA) is 87.7 Å². The Bertz CT molecular complexity index is 445. The van der Waals surface area contributed by atoms with Gasteiger partial charge in [-0.2, -0.15) is 0 Å². The minimum atomic E-state index is -0.812. The first-order chi connectivity index (χ1) is 9.52. The zero-order valence-corrected chi connectivity index (χ0v) is 11.7. The van der Waals surface area contributed by atoms with Crippen molar-refractivity contribution in [1.29, 1.82) is 0 Å². The van der Waals surface area contributed by atoms with Gasteiger partial charge in [0.15, 0.2) is 0 Å². The van der Waals surface area contributed by atoms with Crippen molar-refractivity contribution in [3.05, 3.63) is 24.3 Å². The van der Waals surface area contributed by atoms with Crippen LogP contribution in [-0.2, 0) is 4.79 Å². The number of hydrogen-bond acceptors (Lipinski definition) is 3. The number of carbonyl (C=O) groups is 2. The minimum Gasteiger partial charge on any atom is -0.497 e. The minimum absolute atomic E-state index is 0.307. The Morgan fingerprint density at radius 3 is 2.50 bits per heavy atom. The van der Waals surface area contributed by atoms with Crippen molar-refractivity contribution in [3.8, 4) is 5.75 Å². The smallest absolute Gasteiger partial charge is 0.319 e. The summed E-state index contributed by atoms with van der Waals surface area (Å²) in [5, 5.41) is 14.1. The Morgan fingerprint density at radius 2 is 1.95 bits per heavy atom. The summed E-state index contributed by atoms with van der Waals surface area (Å²) in [6, 6.07) is 6.68. The summed E-state index contributed by atoms with van der Waals surface area (Å²) in [5.41, 5.74) is 0.669. The van der Waals surface area contributed by atoms with E-state index in [1.165, 1.54) is 0 Å². The fourth-order valence-corrected chi connectivity index (χ4v) is 1.58. The number of carboxylic acids is 1. The third kappa shape index (κ3) is 5.60. The molecule has 0 aliphatic carbocycles. The maximum atomic E-state index is 11.6. The number of aliphatic carboxylic acids is 1. The molecule has 0 saturated heterocycles. The van der Waals surface area contributed by atoms with Gasteiger partial charge >= 0.3 is 12.0 Å². The lowest BCUT2D eigenvalue weighted by molar-refractivity contribution is -0.141. The van der Waals surface area contributed by atoms with E-state index in [0.717, 1.165) is 5.75 Å². The summed E-state index contributed by atoms with van der Waals surface area (Å²) in [7, 11) is 1.58. The molecule has 2 amide bonds. The average molecular weight is 280 g/mol. The predicted molar refractivity (Wildman–Crippen MR) is 76.0 cm³/mol. The fraction of sp³-hybridized carbons (Fsp3) is 0.429. The first-order valence-electron chi connectivity index (χ1n) is 6.44. The van der Waals surface area contributed by atoms with E-state index in [4.69, 9.17) is 9.84 Å². The van der Waals surface area contributed by atoms with E-state index in [-0.39, 0.29) is 11.9 Å². The molecule has 0 radical (unpaired) electrons. The number of ether oxygens (including phenoxy) is 1. The Hall–Kier alpha value is -2.24. The fourth-order valence-electron chi connectivity index (χ4n) is 1.58. The molecule has 0 aliphatic rings. The Morgan fingerprint density at radius 1 is 1.30 bits per heavy atom. The van der Waals surface area contributed by atoms with Crippen molar-refractivity contribution in [1.82, 2.24) is 5.32 Å². The number of anilines is 1. The molecule has 0 fully saturated rings. The third-order valence-corrected chi connectivity index (χ3v) is 2.87. The van der Waals surface area contributed by atoms with Gasteiger partial charge < -0.3 is 20.5 Å². The molecule has 20 heavy (non-hydrogen) atoms. The van der Waals surface area contributed by atoms with Gasteiger partial charge in [0.05, 0.1) is 13.0 Å². The SMILES string of the molecule is COc1ccc(NC(=O)NCCCC(C)C(=O)O)cc1. The lowest BCUT2D eigenvalue weighted by atomic mass is 10.1. The van der Waals surface area contributed by atoms with E-state index in [2.05, 4.69) is 10.6 Å². The van der Waals surface area contributed by atoms with Gasteiger partial charge in [0.2, 0.25) is 0 Å². The van der Waals surface area contributed by atoms with E-state index < -0.39 is 5.97 Å². The number of carbonyl (C=O) groups excluding carboxylic acids is 1. The van der Waals surface area contributed by atoms with Crippen LogP contribution in [0.4, 0.5) is 10.5 Å². The first-order valence-corrected chi connectivity index (χ1v) is 6.44. The Kier molecular flexibility index (Phi) is 6.36. The summed E-state index contributed by atoms with van der Waals surface area (Å²) >= 11 is 0. The highest BCUT2D eigenvalue weighted by molar-refractivity contribution is 5.89. The van der Waals surface area contributed by atoms with Crippen LogP contribution in [0.15, 0.2) is 24.3 Å². The number of carboxylic acid groups (broad SMARTS) is 1. The Balaban J connectivity index is 2.24. The standard InChI is InChI=1S/C14H20N2O4/c1-10(13(17)18)4-3-9-15-14(19)16-11-5-7-12(20-2)8-6-11/h5-8,10H,3-4,9H2,1-2H3,(H,17,18)(H2,15,16,19). The van der Waals surface area contributed by atoms with Crippen LogP contribution < -0.4 is 15.4 Å². The number of methoxy groups -OCH3 is 1. The number of nitrogens with one attached hydrogen (secondary N) is 2. The molecule has 6 nitrogen and oxygen atoms in total. The maximum Gasteiger partial charge on any atom is 0.319 e. The van der Waals surface area contributed by atoms with Crippen LogP contribution in [0.3, 0.4) is 0 Å².